The highest BCUT2D eigenvalue weighted by Crippen LogP contribution is 2.43. The number of amides is 1. The number of hydrogen-bond donors (Lipinski definition) is 3. The van der Waals surface area contributed by atoms with E-state index in [1.165, 1.54) is 0 Å². The molecular weight excluding hydrogens is 396 g/mol. The molecule has 5 rings (SSSR count). The molecule has 0 radical (unpaired) electrons. The Morgan fingerprint density at radius 3 is 2.81 bits per heavy atom. The van der Waals surface area contributed by atoms with Gasteiger partial charge in [-0.15, -0.1) is 0 Å². The van der Waals surface area contributed by atoms with Gasteiger partial charge in [0.15, 0.2) is 5.78 Å². The Labute approximate surface area is 179 Å². The Hall–Kier alpha value is -3.49. The van der Waals surface area contributed by atoms with E-state index in [4.69, 9.17) is 9.47 Å². The van der Waals surface area contributed by atoms with Crippen molar-refractivity contribution < 1.29 is 19.1 Å². The van der Waals surface area contributed by atoms with E-state index in [1.807, 2.05) is 36.4 Å². The predicted molar refractivity (Wildman–Crippen MR) is 115 cm³/mol. The second kappa shape index (κ2) is 7.98. The third-order valence-electron chi connectivity index (χ3n) is 5.61. The van der Waals surface area contributed by atoms with Crippen LogP contribution in [0, 0.1) is 0 Å². The number of fused-ring (bicyclic) bond motifs is 3. The summed E-state index contributed by atoms with van der Waals surface area (Å²) in [6.07, 6.45) is 0.0613. The third kappa shape index (κ3) is 3.49. The van der Waals surface area contributed by atoms with Gasteiger partial charge in [0, 0.05) is 24.2 Å². The van der Waals surface area contributed by atoms with Crippen molar-refractivity contribution in [2.45, 2.75) is 12.5 Å². The first-order chi connectivity index (χ1) is 15.2. The van der Waals surface area contributed by atoms with Crippen LogP contribution in [0.25, 0.3) is 22.5 Å². The van der Waals surface area contributed by atoms with Crippen LogP contribution in [0.3, 0.4) is 0 Å². The fourth-order valence-corrected chi connectivity index (χ4v) is 4.11. The first-order valence-corrected chi connectivity index (χ1v) is 10.2. The summed E-state index contributed by atoms with van der Waals surface area (Å²) in [5.74, 6) is 0.393. The zero-order chi connectivity index (χ0) is 21.4. The van der Waals surface area contributed by atoms with E-state index in [0.29, 0.717) is 46.9 Å². The second-order valence-electron chi connectivity index (χ2n) is 7.56. The van der Waals surface area contributed by atoms with E-state index in [0.717, 1.165) is 17.9 Å². The molecule has 0 bridgehead atoms. The molecule has 0 saturated carbocycles. The monoisotopic (exact) mass is 418 g/mol. The van der Waals surface area contributed by atoms with Gasteiger partial charge in [0.2, 0.25) is 5.91 Å². The molecule has 8 nitrogen and oxygen atoms in total. The van der Waals surface area contributed by atoms with E-state index >= 15 is 0 Å². The predicted octanol–water partition coefficient (Wildman–Crippen LogP) is 2.61. The van der Waals surface area contributed by atoms with Gasteiger partial charge < -0.3 is 20.1 Å². The lowest BCUT2D eigenvalue weighted by Gasteiger charge is -2.23. The quantitative estimate of drug-likeness (QED) is 0.460. The Bertz CT molecular complexity index is 1150. The van der Waals surface area contributed by atoms with E-state index < -0.39 is 0 Å². The summed E-state index contributed by atoms with van der Waals surface area (Å²) in [6.45, 7) is 2.02. The number of nitrogens with one attached hydrogen (secondary N) is 3. The SMILES string of the molecule is COc1ccc(-c2[nH]nc3c2C(=O)c2c(NC(=O)CC4CNCCO4)cccc2-3)cc1. The molecule has 1 atom stereocenters. The highest BCUT2D eigenvalue weighted by atomic mass is 16.5. The number of aromatic amines is 1. The van der Waals surface area contributed by atoms with Crippen LogP contribution >= 0.6 is 0 Å². The average Bonchev–Trinajstić information content (AvgIpc) is 3.35. The summed E-state index contributed by atoms with van der Waals surface area (Å²) >= 11 is 0. The number of benzene rings is 2. The van der Waals surface area contributed by atoms with Gasteiger partial charge in [0.25, 0.3) is 0 Å². The maximum absolute atomic E-state index is 13.4. The number of nitrogens with zero attached hydrogens (tertiary/aromatic N) is 1. The zero-order valence-corrected chi connectivity index (χ0v) is 17.0. The molecule has 1 aliphatic heterocycles. The van der Waals surface area contributed by atoms with Crippen molar-refractivity contribution in [3.63, 3.8) is 0 Å². The van der Waals surface area contributed by atoms with Crippen LogP contribution in [0.4, 0.5) is 5.69 Å². The number of ketones is 1. The Morgan fingerprint density at radius 2 is 2.06 bits per heavy atom. The van der Waals surface area contributed by atoms with E-state index in [-0.39, 0.29) is 24.2 Å². The number of hydrogen-bond acceptors (Lipinski definition) is 6. The summed E-state index contributed by atoms with van der Waals surface area (Å²) in [6, 6.07) is 12.8. The Kier molecular flexibility index (Phi) is 5.01. The lowest BCUT2D eigenvalue weighted by molar-refractivity contribution is -0.119. The molecule has 1 unspecified atom stereocenters. The fraction of sp³-hybridized carbons (Fsp3) is 0.261. The van der Waals surface area contributed by atoms with Gasteiger partial charge in [-0.05, 0) is 30.3 Å². The van der Waals surface area contributed by atoms with Gasteiger partial charge in [-0.25, -0.2) is 0 Å². The largest absolute Gasteiger partial charge is 0.497 e. The molecule has 1 saturated heterocycles. The first kappa shape index (κ1) is 19.5. The summed E-state index contributed by atoms with van der Waals surface area (Å²) < 4.78 is 10.8. The zero-order valence-electron chi connectivity index (χ0n) is 17.0. The van der Waals surface area contributed by atoms with E-state index in [2.05, 4.69) is 20.8 Å². The number of methoxy groups -OCH3 is 1. The van der Waals surface area contributed by atoms with Crippen LogP contribution in [0.2, 0.25) is 0 Å². The van der Waals surface area contributed by atoms with Gasteiger partial charge in [0.1, 0.15) is 11.4 Å². The molecule has 3 aromatic rings. The molecule has 1 aliphatic carbocycles. The number of aromatic nitrogens is 2. The van der Waals surface area contributed by atoms with Crippen molar-refractivity contribution in [3.8, 4) is 28.3 Å². The van der Waals surface area contributed by atoms with Crippen molar-refractivity contribution in [2.24, 2.45) is 0 Å². The highest BCUT2D eigenvalue weighted by Gasteiger charge is 2.35. The maximum Gasteiger partial charge on any atom is 0.227 e. The van der Waals surface area contributed by atoms with Gasteiger partial charge in [0.05, 0.1) is 48.7 Å². The maximum atomic E-state index is 13.4. The molecule has 8 heteroatoms. The lowest BCUT2D eigenvalue weighted by Crippen LogP contribution is -2.40. The molecule has 2 aromatic carbocycles. The average molecular weight is 418 g/mol. The van der Waals surface area contributed by atoms with Crippen LogP contribution < -0.4 is 15.4 Å². The second-order valence-corrected chi connectivity index (χ2v) is 7.56. The molecule has 1 aromatic heterocycles. The molecule has 1 fully saturated rings. The molecule has 2 aliphatic rings. The molecule has 1 amide bonds. The van der Waals surface area contributed by atoms with Crippen molar-refractivity contribution in [1.82, 2.24) is 15.5 Å². The minimum Gasteiger partial charge on any atom is -0.497 e. The van der Waals surface area contributed by atoms with E-state index in [1.54, 1.807) is 13.2 Å². The first-order valence-electron chi connectivity index (χ1n) is 10.2. The normalized spacial score (nSPS) is 17.2. The van der Waals surface area contributed by atoms with Gasteiger partial charge in [-0.3, -0.25) is 14.7 Å². The van der Waals surface area contributed by atoms with Crippen molar-refractivity contribution in [1.29, 1.82) is 0 Å². The van der Waals surface area contributed by atoms with Crippen LogP contribution in [0.1, 0.15) is 22.3 Å². The smallest absolute Gasteiger partial charge is 0.227 e. The fourth-order valence-electron chi connectivity index (χ4n) is 4.11. The summed E-state index contributed by atoms with van der Waals surface area (Å²) in [5, 5.41) is 13.5. The van der Waals surface area contributed by atoms with Gasteiger partial charge >= 0.3 is 0 Å². The van der Waals surface area contributed by atoms with E-state index in [9.17, 15) is 9.59 Å². The summed E-state index contributed by atoms with van der Waals surface area (Å²) in [7, 11) is 1.61. The van der Waals surface area contributed by atoms with Crippen LogP contribution in [0.15, 0.2) is 42.5 Å². The molecule has 3 N–H and O–H groups in total. The third-order valence-corrected chi connectivity index (χ3v) is 5.61. The molecular formula is C23H22N4O4. The van der Waals surface area contributed by atoms with Crippen LogP contribution in [-0.4, -0.2) is 54.8 Å². The number of carbonyl (C=O) groups excluding carboxylic acids is 2. The summed E-state index contributed by atoms with van der Waals surface area (Å²) in [4.78, 5) is 26.0. The van der Waals surface area contributed by atoms with Gasteiger partial charge in [-0.2, -0.15) is 5.10 Å². The molecule has 31 heavy (non-hydrogen) atoms. The summed E-state index contributed by atoms with van der Waals surface area (Å²) in [5.41, 5.74) is 4.28. The van der Waals surface area contributed by atoms with Crippen molar-refractivity contribution in [3.05, 3.63) is 53.6 Å². The number of ether oxygens (including phenoxy) is 2. The lowest BCUT2D eigenvalue weighted by atomic mass is 10.0. The minimum atomic E-state index is -0.184. The number of anilines is 1. The number of carbonyl (C=O) groups is 2. The number of H-pyrrole nitrogens is 1. The van der Waals surface area contributed by atoms with Crippen molar-refractivity contribution >= 4 is 17.4 Å². The van der Waals surface area contributed by atoms with Gasteiger partial charge in [-0.1, -0.05) is 12.1 Å². The minimum absolute atomic E-state index is 0.156. The molecule has 0 spiro atoms. The highest BCUT2D eigenvalue weighted by molar-refractivity contribution is 6.27. The van der Waals surface area contributed by atoms with Crippen LogP contribution in [0.5, 0.6) is 5.75 Å². The molecule has 2 heterocycles. The van der Waals surface area contributed by atoms with Crippen LogP contribution in [-0.2, 0) is 9.53 Å². The standard InChI is InChI=1S/C23H22N4O4/c1-30-14-7-5-13(6-8-14)21-20-22(27-26-21)16-3-2-4-17(19(16)23(20)29)25-18(28)11-15-12-24-9-10-31-15/h2-8,15,24H,9-12H2,1H3,(H,25,28)(H,26,27). The molecule has 158 valence electrons. The van der Waals surface area contributed by atoms with Crippen molar-refractivity contribution in [2.75, 3.05) is 32.1 Å². The number of rotatable bonds is 5. The Balaban J connectivity index is 1.43. The topological polar surface area (TPSA) is 105 Å². The Morgan fingerprint density at radius 1 is 1.23 bits per heavy atom. The number of morpholine rings is 1.